The molecule has 0 amide bonds. The SMILES string of the molecule is C[C@]12CC[C@]34O[C@]35CCC(=O)C=C5CC[C@H]4[C@@H]1CC[C@@]2(O)CC#N. The number of fused-ring (bicyclic) bond motifs is 2. The lowest BCUT2D eigenvalue weighted by atomic mass is 9.50. The van der Waals surface area contributed by atoms with Gasteiger partial charge in [0, 0.05) is 11.8 Å². The van der Waals surface area contributed by atoms with E-state index in [-0.39, 0.29) is 28.8 Å². The highest BCUT2D eigenvalue weighted by Gasteiger charge is 2.80. The van der Waals surface area contributed by atoms with Gasteiger partial charge in [0.25, 0.3) is 0 Å². The summed E-state index contributed by atoms with van der Waals surface area (Å²) in [4.78, 5) is 11.8. The molecule has 0 unspecified atom stereocenters. The second-order valence-corrected chi connectivity index (χ2v) is 9.03. The number of aliphatic hydroxyl groups is 1. The fourth-order valence-corrected chi connectivity index (χ4v) is 7.16. The average molecular weight is 327 g/mol. The molecule has 0 aromatic rings. The van der Waals surface area contributed by atoms with Crippen LogP contribution in [0.25, 0.3) is 0 Å². The molecule has 128 valence electrons. The molecule has 5 aliphatic rings. The minimum absolute atomic E-state index is 0.0835. The first-order valence-electron chi connectivity index (χ1n) is 9.44. The number of nitriles is 1. The van der Waals surface area contributed by atoms with Crippen molar-refractivity contribution >= 4 is 5.78 Å². The lowest BCUT2D eigenvalue weighted by Gasteiger charge is -2.53. The van der Waals surface area contributed by atoms with Gasteiger partial charge in [-0.25, -0.2) is 0 Å². The number of ether oxygens (including phenoxy) is 1. The Bertz CT molecular complexity index is 708. The van der Waals surface area contributed by atoms with Gasteiger partial charge >= 0.3 is 0 Å². The van der Waals surface area contributed by atoms with E-state index in [1.807, 2.05) is 6.08 Å². The number of ketones is 1. The Balaban J connectivity index is 1.52. The van der Waals surface area contributed by atoms with Gasteiger partial charge in [0.1, 0.15) is 11.2 Å². The number of carbonyl (C=O) groups is 1. The summed E-state index contributed by atoms with van der Waals surface area (Å²) in [5, 5.41) is 20.4. The number of hydrogen-bond donors (Lipinski definition) is 1. The number of carbonyl (C=O) groups excluding carboxylic acids is 1. The predicted molar refractivity (Wildman–Crippen MR) is 86.8 cm³/mol. The molecule has 5 rings (SSSR count). The van der Waals surface area contributed by atoms with Gasteiger partial charge in [0.15, 0.2) is 5.78 Å². The Hall–Kier alpha value is -1.18. The summed E-state index contributed by atoms with van der Waals surface area (Å²) >= 11 is 0. The molecule has 6 atom stereocenters. The van der Waals surface area contributed by atoms with Crippen molar-refractivity contribution in [2.45, 2.75) is 81.5 Å². The molecule has 24 heavy (non-hydrogen) atoms. The van der Waals surface area contributed by atoms with Crippen LogP contribution in [0.3, 0.4) is 0 Å². The second kappa shape index (κ2) is 4.31. The standard InChI is InChI=1S/C20H25NO3/c1-17-8-9-20-16(15(17)5-6-18(17,23)10-11-21)3-2-13-12-14(22)4-7-19(13,20)24-20/h12,15-16,23H,2-10H2,1H3/t15-,16-,17-,18+,19-,20+/m0/s1. The zero-order valence-corrected chi connectivity index (χ0v) is 14.3. The molecule has 0 radical (unpaired) electrons. The third kappa shape index (κ3) is 1.46. The molecule has 1 saturated heterocycles. The van der Waals surface area contributed by atoms with Crippen LogP contribution in [0.15, 0.2) is 11.6 Å². The average Bonchev–Trinajstić information content (AvgIpc) is 3.14. The summed E-state index contributed by atoms with van der Waals surface area (Å²) < 4.78 is 6.52. The molecule has 4 heteroatoms. The largest absolute Gasteiger partial charge is 0.388 e. The summed E-state index contributed by atoms with van der Waals surface area (Å²) in [7, 11) is 0. The first-order chi connectivity index (χ1) is 11.4. The molecule has 1 N–H and O–H groups in total. The first kappa shape index (κ1) is 15.1. The summed E-state index contributed by atoms with van der Waals surface area (Å²) in [6, 6.07) is 2.22. The molecule has 1 aliphatic heterocycles. The Morgan fingerprint density at radius 2 is 2.08 bits per heavy atom. The minimum atomic E-state index is -0.839. The Morgan fingerprint density at radius 1 is 1.25 bits per heavy atom. The van der Waals surface area contributed by atoms with Crippen LogP contribution in [0.4, 0.5) is 0 Å². The van der Waals surface area contributed by atoms with E-state index in [2.05, 4.69) is 13.0 Å². The molecule has 4 nitrogen and oxygen atoms in total. The van der Waals surface area contributed by atoms with E-state index < -0.39 is 5.60 Å². The van der Waals surface area contributed by atoms with Crippen LogP contribution >= 0.6 is 0 Å². The van der Waals surface area contributed by atoms with E-state index in [0.717, 1.165) is 44.9 Å². The molecule has 0 aromatic carbocycles. The maximum atomic E-state index is 11.8. The van der Waals surface area contributed by atoms with Gasteiger partial charge < -0.3 is 9.84 Å². The van der Waals surface area contributed by atoms with Crippen LogP contribution in [0.5, 0.6) is 0 Å². The van der Waals surface area contributed by atoms with Gasteiger partial charge in [-0.3, -0.25) is 4.79 Å². The van der Waals surface area contributed by atoms with Gasteiger partial charge in [-0.2, -0.15) is 5.26 Å². The highest BCUT2D eigenvalue weighted by atomic mass is 16.6. The van der Waals surface area contributed by atoms with Crippen LogP contribution in [0.1, 0.15) is 64.7 Å². The molecule has 3 saturated carbocycles. The van der Waals surface area contributed by atoms with Crippen molar-refractivity contribution in [2.75, 3.05) is 0 Å². The molecule has 0 bridgehead atoms. The van der Waals surface area contributed by atoms with Crippen LogP contribution in [0.2, 0.25) is 0 Å². The third-order valence-electron chi connectivity index (χ3n) is 8.52. The molecule has 1 heterocycles. The summed E-state index contributed by atoms with van der Waals surface area (Å²) in [5.41, 5.74) is -0.0171. The summed E-state index contributed by atoms with van der Waals surface area (Å²) in [6.45, 7) is 2.21. The van der Waals surface area contributed by atoms with Gasteiger partial charge in [-0.1, -0.05) is 6.92 Å². The number of nitrogens with zero attached hydrogens (tertiary/aromatic N) is 1. The fourth-order valence-electron chi connectivity index (χ4n) is 7.16. The van der Waals surface area contributed by atoms with Crippen LogP contribution < -0.4 is 0 Å². The van der Waals surface area contributed by atoms with E-state index in [0.29, 0.717) is 18.3 Å². The van der Waals surface area contributed by atoms with Crippen molar-refractivity contribution in [3.63, 3.8) is 0 Å². The minimum Gasteiger partial charge on any atom is -0.388 e. The van der Waals surface area contributed by atoms with Crippen molar-refractivity contribution in [1.82, 2.24) is 0 Å². The normalized spacial score (nSPS) is 54.7. The van der Waals surface area contributed by atoms with Gasteiger partial charge in [-0.05, 0) is 68.4 Å². The van der Waals surface area contributed by atoms with Crippen molar-refractivity contribution in [3.05, 3.63) is 11.6 Å². The monoisotopic (exact) mass is 327 g/mol. The molecule has 2 spiro atoms. The predicted octanol–water partition coefficient (Wildman–Crippen LogP) is 3.05. The molecular formula is C20H25NO3. The Labute approximate surface area is 142 Å². The van der Waals surface area contributed by atoms with Crippen molar-refractivity contribution in [2.24, 2.45) is 17.3 Å². The molecular weight excluding hydrogens is 302 g/mol. The zero-order chi connectivity index (χ0) is 16.8. The van der Waals surface area contributed by atoms with E-state index in [1.54, 1.807) is 0 Å². The second-order valence-electron chi connectivity index (χ2n) is 9.03. The maximum absolute atomic E-state index is 11.8. The summed E-state index contributed by atoms with van der Waals surface area (Å²) in [6.07, 6.45) is 9.21. The first-order valence-corrected chi connectivity index (χ1v) is 9.44. The maximum Gasteiger partial charge on any atom is 0.155 e. The number of hydrogen-bond acceptors (Lipinski definition) is 4. The van der Waals surface area contributed by atoms with Crippen molar-refractivity contribution in [1.29, 1.82) is 5.26 Å². The van der Waals surface area contributed by atoms with Gasteiger partial charge in [-0.15, -0.1) is 0 Å². The smallest absolute Gasteiger partial charge is 0.155 e. The van der Waals surface area contributed by atoms with Crippen LogP contribution in [0, 0.1) is 28.6 Å². The van der Waals surface area contributed by atoms with Gasteiger partial charge in [0.05, 0.1) is 18.1 Å². The van der Waals surface area contributed by atoms with E-state index in [9.17, 15) is 15.2 Å². The highest BCUT2D eigenvalue weighted by molar-refractivity contribution is 5.92. The number of epoxide rings is 1. The van der Waals surface area contributed by atoms with E-state index in [4.69, 9.17) is 4.74 Å². The summed E-state index contributed by atoms with van der Waals surface area (Å²) in [5.74, 6) is 1.15. The highest BCUT2D eigenvalue weighted by Crippen LogP contribution is 2.75. The van der Waals surface area contributed by atoms with E-state index >= 15 is 0 Å². The molecule has 0 aromatic heterocycles. The fraction of sp³-hybridized carbons (Fsp3) is 0.800. The lowest BCUT2D eigenvalue weighted by molar-refractivity contribution is -0.116. The Morgan fingerprint density at radius 3 is 2.88 bits per heavy atom. The third-order valence-corrected chi connectivity index (χ3v) is 8.52. The van der Waals surface area contributed by atoms with Crippen LogP contribution in [-0.4, -0.2) is 27.7 Å². The quantitative estimate of drug-likeness (QED) is 0.751. The molecule has 4 fully saturated rings. The lowest BCUT2D eigenvalue weighted by Crippen LogP contribution is -2.56. The van der Waals surface area contributed by atoms with Crippen molar-refractivity contribution in [3.8, 4) is 6.07 Å². The topological polar surface area (TPSA) is 73.6 Å². The van der Waals surface area contributed by atoms with E-state index in [1.165, 1.54) is 5.57 Å². The Kier molecular flexibility index (Phi) is 2.72. The number of rotatable bonds is 1. The zero-order valence-electron chi connectivity index (χ0n) is 14.3. The van der Waals surface area contributed by atoms with Crippen molar-refractivity contribution < 1.29 is 14.6 Å². The molecule has 4 aliphatic carbocycles. The van der Waals surface area contributed by atoms with Crippen LogP contribution in [-0.2, 0) is 9.53 Å². The van der Waals surface area contributed by atoms with Gasteiger partial charge in [0.2, 0.25) is 0 Å².